The number of aromatic nitrogens is 4. The molecule has 0 unspecified atom stereocenters. The quantitative estimate of drug-likeness (QED) is 0.187. The Morgan fingerprint density at radius 3 is 1.77 bits per heavy atom. The highest BCUT2D eigenvalue weighted by molar-refractivity contribution is 6.35. The fourth-order valence-electron chi connectivity index (χ4n) is 8.69. The van der Waals surface area contributed by atoms with Crippen molar-refractivity contribution in [1.29, 1.82) is 0 Å². The molecule has 0 aliphatic heterocycles. The predicted octanol–water partition coefficient (Wildman–Crippen LogP) is 12.5. The first kappa shape index (κ1) is 28.5. The Balaban J connectivity index is 1.30. The van der Waals surface area contributed by atoms with Crippen LogP contribution >= 0.6 is 0 Å². The lowest BCUT2D eigenvalue weighted by atomic mass is 9.99. The van der Waals surface area contributed by atoms with E-state index in [1.165, 1.54) is 16.2 Å². The normalized spacial score (nSPS) is 12.2. The SMILES string of the molecule is c1ccc(-c2nc(-n3c4cc(-n5c6ccccc6c6ccccc65)ccc4c4c5ccccc5c5c6ccccc6oc5c43)nc3ccccc23)cc1. The van der Waals surface area contributed by atoms with Gasteiger partial charge in [0.05, 0.1) is 27.8 Å². The van der Waals surface area contributed by atoms with Gasteiger partial charge in [0, 0.05) is 49.0 Å². The zero-order valence-electron chi connectivity index (χ0n) is 28.4. The van der Waals surface area contributed by atoms with E-state index in [1.54, 1.807) is 0 Å². The Labute approximate surface area is 302 Å². The Kier molecular flexibility index (Phi) is 5.71. The van der Waals surface area contributed by atoms with Gasteiger partial charge in [-0.1, -0.05) is 133 Å². The smallest absolute Gasteiger partial charge is 0.235 e. The van der Waals surface area contributed by atoms with Gasteiger partial charge in [-0.05, 0) is 47.2 Å². The molecule has 53 heavy (non-hydrogen) atoms. The zero-order chi connectivity index (χ0) is 34.6. The minimum atomic E-state index is 0.596. The molecule has 0 saturated carbocycles. The number of rotatable bonds is 3. The standard InChI is InChI=1S/C48H28N4O/c1-2-14-29(15-3-1)45-35-20-6-10-22-38(35)49-48(50-45)52-41-28-30(51-39-23-11-7-16-31(39)32-17-8-12-24-40(32)51)26-27-36(41)43-33-18-4-5-19-34(33)44-37-21-9-13-25-42(37)53-47(44)46(43)52/h1-28H. The van der Waals surface area contributed by atoms with Crippen LogP contribution in [0.2, 0.25) is 0 Å². The first-order chi connectivity index (χ1) is 26.3. The van der Waals surface area contributed by atoms with E-state index in [2.05, 4.69) is 161 Å². The topological polar surface area (TPSA) is 48.8 Å². The molecule has 4 aromatic heterocycles. The highest BCUT2D eigenvalue weighted by atomic mass is 16.3. The lowest BCUT2D eigenvalue weighted by Crippen LogP contribution is -2.04. The number of fused-ring (bicyclic) bond motifs is 14. The molecule has 4 heterocycles. The molecule has 0 bridgehead atoms. The minimum absolute atomic E-state index is 0.596. The maximum absolute atomic E-state index is 6.90. The van der Waals surface area contributed by atoms with E-state index in [1.807, 2.05) is 18.2 Å². The highest BCUT2D eigenvalue weighted by Crippen LogP contribution is 2.46. The van der Waals surface area contributed by atoms with Gasteiger partial charge < -0.3 is 8.98 Å². The Morgan fingerprint density at radius 1 is 0.415 bits per heavy atom. The van der Waals surface area contributed by atoms with Crippen molar-refractivity contribution in [2.45, 2.75) is 0 Å². The van der Waals surface area contributed by atoms with Crippen molar-refractivity contribution in [2.24, 2.45) is 0 Å². The average Bonchev–Trinajstić information content (AvgIpc) is 3.89. The minimum Gasteiger partial charge on any atom is -0.454 e. The van der Waals surface area contributed by atoms with Gasteiger partial charge in [0.1, 0.15) is 11.1 Å². The van der Waals surface area contributed by atoms with E-state index in [4.69, 9.17) is 14.4 Å². The lowest BCUT2D eigenvalue weighted by molar-refractivity contribution is 0.671. The molecule has 12 aromatic rings. The van der Waals surface area contributed by atoms with Crippen molar-refractivity contribution < 1.29 is 4.42 Å². The molecule has 0 amide bonds. The second kappa shape index (κ2) is 10.6. The average molecular weight is 677 g/mol. The molecule has 0 atom stereocenters. The van der Waals surface area contributed by atoms with Gasteiger partial charge in [-0.15, -0.1) is 0 Å². The lowest BCUT2D eigenvalue weighted by Gasteiger charge is -2.13. The first-order valence-corrected chi connectivity index (χ1v) is 17.9. The van der Waals surface area contributed by atoms with E-state index in [0.717, 1.165) is 88.0 Å². The summed E-state index contributed by atoms with van der Waals surface area (Å²) < 4.78 is 11.5. The van der Waals surface area contributed by atoms with Gasteiger partial charge in [0.15, 0.2) is 5.58 Å². The largest absolute Gasteiger partial charge is 0.454 e. The summed E-state index contributed by atoms with van der Waals surface area (Å²) in [6.07, 6.45) is 0. The summed E-state index contributed by atoms with van der Waals surface area (Å²) in [6, 6.07) is 59.9. The number of benzene rings is 8. The van der Waals surface area contributed by atoms with Crippen LogP contribution in [-0.4, -0.2) is 19.1 Å². The molecule has 0 N–H and O–H groups in total. The first-order valence-electron chi connectivity index (χ1n) is 17.9. The van der Waals surface area contributed by atoms with Crippen molar-refractivity contribution in [1.82, 2.24) is 19.1 Å². The van der Waals surface area contributed by atoms with Gasteiger partial charge in [0.25, 0.3) is 0 Å². The van der Waals surface area contributed by atoms with Crippen LogP contribution in [0, 0.1) is 0 Å². The third kappa shape index (κ3) is 3.91. The van der Waals surface area contributed by atoms with Crippen molar-refractivity contribution in [3.8, 4) is 22.9 Å². The molecule has 5 nitrogen and oxygen atoms in total. The van der Waals surface area contributed by atoms with Crippen molar-refractivity contribution in [3.05, 3.63) is 170 Å². The van der Waals surface area contributed by atoms with Gasteiger partial charge in [-0.25, -0.2) is 9.97 Å². The summed E-state index contributed by atoms with van der Waals surface area (Å²) in [5, 5.41) is 10.2. The van der Waals surface area contributed by atoms with Gasteiger partial charge in [0.2, 0.25) is 5.95 Å². The van der Waals surface area contributed by atoms with E-state index < -0.39 is 0 Å². The van der Waals surface area contributed by atoms with E-state index in [9.17, 15) is 0 Å². The molecule has 0 radical (unpaired) electrons. The second-order valence-electron chi connectivity index (χ2n) is 13.7. The number of nitrogens with zero attached hydrogens (tertiary/aromatic N) is 4. The van der Waals surface area contributed by atoms with E-state index >= 15 is 0 Å². The van der Waals surface area contributed by atoms with Crippen LogP contribution in [0.4, 0.5) is 0 Å². The molecule has 5 heteroatoms. The van der Waals surface area contributed by atoms with E-state index in [0.29, 0.717) is 5.95 Å². The molecule has 12 rings (SSSR count). The maximum Gasteiger partial charge on any atom is 0.235 e. The summed E-state index contributed by atoms with van der Waals surface area (Å²) >= 11 is 0. The maximum atomic E-state index is 6.90. The number of hydrogen-bond acceptors (Lipinski definition) is 3. The van der Waals surface area contributed by atoms with E-state index in [-0.39, 0.29) is 0 Å². The summed E-state index contributed by atoms with van der Waals surface area (Å²) in [5.41, 5.74) is 9.84. The van der Waals surface area contributed by atoms with Crippen molar-refractivity contribution in [3.63, 3.8) is 0 Å². The second-order valence-corrected chi connectivity index (χ2v) is 13.7. The van der Waals surface area contributed by atoms with Crippen LogP contribution in [0.1, 0.15) is 0 Å². The number of para-hydroxylation sites is 4. The fourth-order valence-corrected chi connectivity index (χ4v) is 8.69. The van der Waals surface area contributed by atoms with Crippen LogP contribution < -0.4 is 0 Å². The number of hydrogen-bond donors (Lipinski definition) is 0. The zero-order valence-corrected chi connectivity index (χ0v) is 28.4. The molecule has 0 fully saturated rings. The molecule has 0 saturated heterocycles. The van der Waals surface area contributed by atoms with Crippen LogP contribution in [0.25, 0.3) is 110 Å². The Hall–Kier alpha value is -7.24. The molecule has 246 valence electrons. The fraction of sp³-hybridized carbons (Fsp3) is 0. The third-order valence-electron chi connectivity index (χ3n) is 10.9. The Bertz CT molecular complexity index is 3410. The van der Waals surface area contributed by atoms with Gasteiger partial charge in [-0.2, -0.15) is 0 Å². The summed E-state index contributed by atoms with van der Waals surface area (Å²) in [4.78, 5) is 10.8. The molecular formula is C48H28N4O. The van der Waals surface area contributed by atoms with Crippen molar-refractivity contribution >= 4 is 87.2 Å². The molecular weight excluding hydrogens is 649 g/mol. The molecule has 8 aromatic carbocycles. The summed E-state index contributed by atoms with van der Waals surface area (Å²) in [7, 11) is 0. The van der Waals surface area contributed by atoms with Crippen LogP contribution in [0.3, 0.4) is 0 Å². The highest BCUT2D eigenvalue weighted by Gasteiger charge is 2.25. The predicted molar refractivity (Wildman–Crippen MR) is 218 cm³/mol. The summed E-state index contributed by atoms with van der Waals surface area (Å²) in [6.45, 7) is 0. The molecule has 0 aliphatic carbocycles. The van der Waals surface area contributed by atoms with Gasteiger partial charge in [-0.3, -0.25) is 4.57 Å². The van der Waals surface area contributed by atoms with Crippen molar-refractivity contribution in [2.75, 3.05) is 0 Å². The third-order valence-corrected chi connectivity index (χ3v) is 10.9. The van der Waals surface area contributed by atoms with Crippen LogP contribution in [-0.2, 0) is 0 Å². The van der Waals surface area contributed by atoms with Crippen LogP contribution in [0.15, 0.2) is 174 Å². The Morgan fingerprint density at radius 2 is 1.02 bits per heavy atom. The number of furan rings is 1. The monoisotopic (exact) mass is 676 g/mol. The molecule has 0 spiro atoms. The van der Waals surface area contributed by atoms with Crippen LogP contribution in [0.5, 0.6) is 0 Å². The summed E-state index contributed by atoms with van der Waals surface area (Å²) in [5.74, 6) is 0.596. The van der Waals surface area contributed by atoms with Gasteiger partial charge >= 0.3 is 0 Å². The molecule has 0 aliphatic rings.